The van der Waals surface area contributed by atoms with Gasteiger partial charge in [-0.15, -0.1) is 0 Å². The molecule has 3 nitrogen and oxygen atoms in total. The molecule has 0 amide bonds. The van der Waals surface area contributed by atoms with Gasteiger partial charge in [0.25, 0.3) is 0 Å². The predicted octanol–water partition coefficient (Wildman–Crippen LogP) is 0.320. The summed E-state index contributed by atoms with van der Waals surface area (Å²) in [6.45, 7) is 3.20. The van der Waals surface area contributed by atoms with Gasteiger partial charge in [-0.1, -0.05) is 0 Å². The molecular weight excluding hydrogens is 120 g/mol. The second-order valence-corrected chi connectivity index (χ2v) is 1.72. The number of hydrogen-bond acceptors (Lipinski definition) is 3. The van der Waals surface area contributed by atoms with E-state index in [4.69, 9.17) is 6.48 Å². The van der Waals surface area contributed by atoms with E-state index < -0.39 is 12.0 Å². The van der Waals surface area contributed by atoms with Crippen molar-refractivity contribution in [3.8, 4) is 0 Å². The van der Waals surface area contributed by atoms with Crippen molar-refractivity contribution in [2.75, 3.05) is 6.61 Å². The van der Waals surface area contributed by atoms with E-state index in [1.54, 1.807) is 6.92 Å². The number of ether oxygens (including phenoxy) is 1. The summed E-state index contributed by atoms with van der Waals surface area (Å²) < 4.78 is 11.4. The Morgan fingerprint density at radius 1 is 2.00 bits per heavy atom. The predicted molar refractivity (Wildman–Crippen MR) is 32.9 cm³/mol. The Balaban J connectivity index is 3.58. The third kappa shape index (κ3) is 5.30. The van der Waals surface area contributed by atoms with Crippen LogP contribution in [0.3, 0.4) is 0 Å². The number of hydrogen-bond donors (Lipinski definition) is 1. The number of aliphatic hydroxyl groups is 1. The smallest absolute Gasteiger partial charge is 0.308 e. The molecule has 0 aromatic rings. The maximum Gasteiger partial charge on any atom is 0.308 e. The molecule has 0 heterocycles. The van der Waals surface area contributed by atoms with E-state index in [2.05, 4.69) is 4.74 Å². The maximum absolute atomic E-state index is 10.6. The molecule has 0 saturated heterocycles. The molecule has 54 valence electrons. The van der Waals surface area contributed by atoms with Crippen LogP contribution in [0.4, 0.5) is 0 Å². The van der Waals surface area contributed by atoms with Crippen LogP contribution < -0.4 is 0 Å². The molecule has 3 heteroatoms. The highest BCUT2D eigenvalue weighted by atomic mass is 16.5. The van der Waals surface area contributed by atoms with Gasteiger partial charge in [0.2, 0.25) is 0 Å². The van der Waals surface area contributed by atoms with Gasteiger partial charge in [-0.3, -0.25) is 4.79 Å². The molecule has 0 aliphatic heterocycles. The molecule has 0 saturated carbocycles. The van der Waals surface area contributed by atoms with Crippen molar-refractivity contribution in [2.45, 2.75) is 26.3 Å². The van der Waals surface area contributed by atoms with E-state index in [1.807, 2.05) is 0 Å². The van der Waals surface area contributed by atoms with Gasteiger partial charge in [0.15, 0.2) is 0 Å². The first kappa shape index (κ1) is 6.55. The average molecular weight is 133 g/mol. The lowest BCUT2D eigenvalue weighted by Crippen LogP contribution is -2.11. The van der Waals surface area contributed by atoms with Crippen molar-refractivity contribution < 1.29 is 16.0 Å². The largest absolute Gasteiger partial charge is 0.466 e. The highest BCUT2D eigenvalue weighted by Crippen LogP contribution is 1.91. The van der Waals surface area contributed by atoms with Gasteiger partial charge in [-0.05, 0) is 13.8 Å². The summed E-state index contributed by atoms with van der Waals surface area (Å²) in [7, 11) is 0. The standard InChI is InChI=1S/C6H12O3/c1-3-9-6(8)4-5(2)7/h5,7H,3-4H2,1-2H3/i5D. The Bertz CT molecular complexity index is 117. The van der Waals surface area contributed by atoms with Gasteiger partial charge in [0.05, 0.1) is 20.5 Å². The van der Waals surface area contributed by atoms with Crippen molar-refractivity contribution >= 4 is 5.97 Å². The van der Waals surface area contributed by atoms with E-state index >= 15 is 0 Å². The lowest BCUT2D eigenvalue weighted by atomic mass is 10.3. The minimum atomic E-state index is -1.70. The zero-order valence-electron chi connectivity index (χ0n) is 6.68. The van der Waals surface area contributed by atoms with Crippen LogP contribution in [0, 0.1) is 0 Å². The normalized spacial score (nSPS) is 17.9. The summed E-state index contributed by atoms with van der Waals surface area (Å²) in [5.41, 5.74) is 0. The second kappa shape index (κ2) is 4.32. The summed E-state index contributed by atoms with van der Waals surface area (Å²) >= 11 is 0. The zero-order chi connectivity index (χ0) is 8.20. The summed E-state index contributed by atoms with van der Waals surface area (Å²) in [5.74, 6) is -0.539. The van der Waals surface area contributed by atoms with Crippen LogP contribution in [0.25, 0.3) is 0 Å². The Hall–Kier alpha value is -0.570. The molecule has 0 rings (SSSR count). The van der Waals surface area contributed by atoms with Crippen molar-refractivity contribution in [1.82, 2.24) is 0 Å². The number of carbonyl (C=O) groups is 1. The highest BCUT2D eigenvalue weighted by molar-refractivity contribution is 5.69. The van der Waals surface area contributed by atoms with Gasteiger partial charge in [-0.25, -0.2) is 0 Å². The van der Waals surface area contributed by atoms with Crippen molar-refractivity contribution in [3.63, 3.8) is 0 Å². The number of rotatable bonds is 3. The van der Waals surface area contributed by atoms with Crippen LogP contribution in [-0.4, -0.2) is 23.8 Å². The van der Waals surface area contributed by atoms with Crippen molar-refractivity contribution in [1.29, 1.82) is 0 Å². The van der Waals surface area contributed by atoms with Crippen LogP contribution in [0.2, 0.25) is 0 Å². The van der Waals surface area contributed by atoms with Gasteiger partial charge >= 0.3 is 5.97 Å². The van der Waals surface area contributed by atoms with Crippen molar-refractivity contribution in [2.24, 2.45) is 0 Å². The first-order valence-electron chi connectivity index (χ1n) is 3.33. The minimum absolute atomic E-state index is 0.277. The quantitative estimate of drug-likeness (QED) is 0.564. The van der Waals surface area contributed by atoms with E-state index in [0.29, 0.717) is 0 Å². The number of carbonyl (C=O) groups excluding carboxylic acids is 1. The molecule has 0 aromatic carbocycles. The summed E-state index contributed by atoms with van der Waals surface area (Å²) in [6.07, 6.45) is -1.98. The van der Waals surface area contributed by atoms with Crippen LogP contribution in [0.5, 0.6) is 0 Å². The van der Waals surface area contributed by atoms with E-state index in [1.165, 1.54) is 6.92 Å². The van der Waals surface area contributed by atoms with Crippen LogP contribution in [-0.2, 0) is 9.53 Å². The molecule has 1 N–H and O–H groups in total. The maximum atomic E-state index is 10.6. The minimum Gasteiger partial charge on any atom is -0.466 e. The average Bonchev–Trinajstić information content (AvgIpc) is 1.59. The fourth-order valence-electron chi connectivity index (χ4n) is 0.421. The van der Waals surface area contributed by atoms with E-state index in [0.717, 1.165) is 0 Å². The lowest BCUT2D eigenvalue weighted by Gasteiger charge is -2.01. The van der Waals surface area contributed by atoms with Gasteiger partial charge in [0.1, 0.15) is 0 Å². The molecule has 0 aliphatic carbocycles. The van der Waals surface area contributed by atoms with Gasteiger partial charge < -0.3 is 9.84 Å². The van der Waals surface area contributed by atoms with E-state index in [9.17, 15) is 4.79 Å². The third-order valence-electron chi connectivity index (χ3n) is 0.705. The fourth-order valence-corrected chi connectivity index (χ4v) is 0.421. The molecule has 0 bridgehead atoms. The third-order valence-corrected chi connectivity index (χ3v) is 0.705. The Morgan fingerprint density at radius 2 is 2.56 bits per heavy atom. The molecule has 0 aromatic heterocycles. The van der Waals surface area contributed by atoms with Crippen LogP contribution in [0.15, 0.2) is 0 Å². The lowest BCUT2D eigenvalue weighted by molar-refractivity contribution is -0.145. The second-order valence-electron chi connectivity index (χ2n) is 1.72. The van der Waals surface area contributed by atoms with Gasteiger partial charge in [-0.2, -0.15) is 0 Å². The molecule has 1 unspecified atom stereocenters. The van der Waals surface area contributed by atoms with Crippen LogP contribution in [0.1, 0.15) is 21.6 Å². The monoisotopic (exact) mass is 133 g/mol. The SMILES string of the molecule is [2H]C(C)(O)CC(=O)OCC. The van der Waals surface area contributed by atoms with Crippen LogP contribution >= 0.6 is 0 Å². The van der Waals surface area contributed by atoms with E-state index in [-0.39, 0.29) is 13.0 Å². The Morgan fingerprint density at radius 3 is 2.89 bits per heavy atom. The Labute approximate surface area is 56.0 Å². The first-order chi connectivity index (χ1) is 4.45. The molecule has 1 atom stereocenters. The zero-order valence-corrected chi connectivity index (χ0v) is 5.68. The summed E-state index contributed by atoms with van der Waals surface area (Å²) in [6, 6.07) is 0. The fraction of sp³-hybridized carbons (Fsp3) is 0.833. The summed E-state index contributed by atoms with van der Waals surface area (Å²) in [5, 5.41) is 8.78. The molecular formula is C6H12O3. The molecule has 0 radical (unpaired) electrons. The first-order valence-corrected chi connectivity index (χ1v) is 2.83. The Kier molecular flexibility index (Phi) is 3.15. The molecule has 0 spiro atoms. The van der Waals surface area contributed by atoms with Gasteiger partial charge in [0, 0.05) is 0 Å². The summed E-state index contributed by atoms with van der Waals surface area (Å²) in [4.78, 5) is 10.6. The molecule has 9 heavy (non-hydrogen) atoms. The molecule has 0 fully saturated rings. The number of esters is 1. The molecule has 0 aliphatic rings. The highest BCUT2D eigenvalue weighted by Gasteiger charge is 2.04. The topological polar surface area (TPSA) is 46.5 Å². The van der Waals surface area contributed by atoms with Crippen molar-refractivity contribution in [3.05, 3.63) is 0 Å².